The van der Waals surface area contributed by atoms with Gasteiger partial charge in [-0.15, -0.1) is 0 Å². The molecule has 1 unspecified atom stereocenters. The maximum Gasteiger partial charge on any atom is 0.265 e. The molecule has 0 bridgehead atoms. The van der Waals surface area contributed by atoms with Crippen LogP contribution < -0.4 is 20.1 Å². The van der Waals surface area contributed by atoms with E-state index in [2.05, 4.69) is 33.5 Å². The molecule has 2 amide bonds. The number of para-hydroxylation sites is 1. The third kappa shape index (κ3) is 8.28. The lowest BCUT2D eigenvalue weighted by atomic mass is 10.2. The van der Waals surface area contributed by atoms with Crippen molar-refractivity contribution in [3.8, 4) is 11.5 Å². The van der Waals surface area contributed by atoms with Crippen LogP contribution in [-0.2, 0) is 4.79 Å². The van der Waals surface area contributed by atoms with Gasteiger partial charge in [-0.1, -0.05) is 49.9 Å². The molecule has 0 fully saturated rings. The van der Waals surface area contributed by atoms with Crippen molar-refractivity contribution < 1.29 is 19.1 Å². The minimum absolute atomic E-state index is 0.247. The van der Waals surface area contributed by atoms with Crippen LogP contribution >= 0.6 is 27.5 Å². The predicted octanol–water partition coefficient (Wildman–Crippen LogP) is 7.72. The Hall–Kier alpha value is -3.03. The van der Waals surface area contributed by atoms with Gasteiger partial charge in [-0.2, -0.15) is 0 Å². The average molecular weight is 574 g/mol. The smallest absolute Gasteiger partial charge is 0.265 e. The fourth-order valence-electron chi connectivity index (χ4n) is 3.34. The molecule has 2 N–H and O–H groups in total. The van der Waals surface area contributed by atoms with Crippen molar-refractivity contribution in [2.24, 2.45) is 0 Å². The molecule has 0 saturated heterocycles. The molecule has 0 aliphatic rings. The van der Waals surface area contributed by atoms with E-state index in [-0.39, 0.29) is 11.8 Å². The van der Waals surface area contributed by atoms with Crippen LogP contribution in [0.1, 0.15) is 49.9 Å². The standard InChI is InChI=1S/C28H30BrClN2O4/c1-3-4-5-8-17-35-25-16-11-20(18-23(25)29)28(34)32-22-14-12-21(13-15-22)31-27(33)19(2)36-26-10-7-6-9-24(26)30/h6-7,9-16,18-19H,3-5,8,17H2,1-2H3,(H,31,33)(H,32,34). The zero-order chi connectivity index (χ0) is 25.9. The lowest BCUT2D eigenvalue weighted by molar-refractivity contribution is -0.122. The monoisotopic (exact) mass is 572 g/mol. The van der Waals surface area contributed by atoms with Crippen LogP contribution in [-0.4, -0.2) is 24.5 Å². The molecule has 1 atom stereocenters. The van der Waals surface area contributed by atoms with Gasteiger partial charge in [-0.3, -0.25) is 9.59 Å². The number of nitrogens with one attached hydrogen (secondary N) is 2. The molecule has 3 aromatic carbocycles. The van der Waals surface area contributed by atoms with Crippen LogP contribution in [0.3, 0.4) is 0 Å². The highest BCUT2D eigenvalue weighted by atomic mass is 79.9. The van der Waals surface area contributed by atoms with Gasteiger partial charge in [-0.05, 0) is 83.9 Å². The molecule has 0 aliphatic heterocycles. The zero-order valence-corrected chi connectivity index (χ0v) is 22.7. The topological polar surface area (TPSA) is 76.7 Å². The first-order chi connectivity index (χ1) is 17.4. The van der Waals surface area contributed by atoms with Crippen LogP contribution in [0, 0.1) is 0 Å². The number of unbranched alkanes of at least 4 members (excludes halogenated alkanes) is 3. The van der Waals surface area contributed by atoms with Gasteiger partial charge in [0.25, 0.3) is 11.8 Å². The Morgan fingerprint density at radius 2 is 1.61 bits per heavy atom. The normalized spacial score (nSPS) is 11.4. The highest BCUT2D eigenvalue weighted by Crippen LogP contribution is 2.27. The second kappa shape index (κ2) is 13.9. The van der Waals surface area contributed by atoms with Crippen molar-refractivity contribution in [3.63, 3.8) is 0 Å². The second-order valence-electron chi connectivity index (χ2n) is 8.27. The first-order valence-electron chi connectivity index (χ1n) is 11.9. The number of benzene rings is 3. The summed E-state index contributed by atoms with van der Waals surface area (Å²) in [5, 5.41) is 6.09. The molecule has 190 valence electrons. The molecule has 0 radical (unpaired) electrons. The van der Waals surface area contributed by atoms with E-state index in [9.17, 15) is 9.59 Å². The van der Waals surface area contributed by atoms with Crippen LogP contribution in [0.2, 0.25) is 5.02 Å². The number of anilines is 2. The lowest BCUT2D eigenvalue weighted by Crippen LogP contribution is -2.30. The Labute approximate surface area is 225 Å². The summed E-state index contributed by atoms with van der Waals surface area (Å²) in [6.45, 7) is 4.47. The number of rotatable bonds is 12. The van der Waals surface area contributed by atoms with Crippen LogP contribution in [0.5, 0.6) is 11.5 Å². The number of hydrogen-bond acceptors (Lipinski definition) is 4. The molecular weight excluding hydrogens is 544 g/mol. The van der Waals surface area contributed by atoms with Crippen LogP contribution in [0.25, 0.3) is 0 Å². The molecule has 3 aromatic rings. The van der Waals surface area contributed by atoms with Crippen molar-refractivity contribution in [2.75, 3.05) is 17.2 Å². The summed E-state index contributed by atoms with van der Waals surface area (Å²) in [4.78, 5) is 25.2. The first-order valence-corrected chi connectivity index (χ1v) is 13.1. The van der Waals surface area contributed by atoms with Crippen LogP contribution in [0.4, 0.5) is 11.4 Å². The van der Waals surface area contributed by atoms with Crippen molar-refractivity contribution >= 4 is 50.7 Å². The van der Waals surface area contributed by atoms with Gasteiger partial charge in [-0.25, -0.2) is 0 Å². The molecule has 0 heterocycles. The summed E-state index contributed by atoms with van der Waals surface area (Å²) < 4.78 is 12.2. The summed E-state index contributed by atoms with van der Waals surface area (Å²) in [5.74, 6) is 0.599. The summed E-state index contributed by atoms with van der Waals surface area (Å²) in [6, 6.07) is 19.1. The highest BCUT2D eigenvalue weighted by Gasteiger charge is 2.16. The van der Waals surface area contributed by atoms with Crippen molar-refractivity contribution in [2.45, 2.75) is 45.6 Å². The van der Waals surface area contributed by atoms with Gasteiger partial charge in [0.05, 0.1) is 16.1 Å². The molecular formula is C28H30BrClN2O4. The van der Waals surface area contributed by atoms with E-state index in [1.54, 1.807) is 73.7 Å². The summed E-state index contributed by atoms with van der Waals surface area (Å²) in [5.41, 5.74) is 1.68. The largest absolute Gasteiger partial charge is 0.492 e. The molecule has 6 nitrogen and oxygen atoms in total. The molecule has 0 spiro atoms. The molecule has 0 aromatic heterocycles. The first kappa shape index (κ1) is 27.6. The Kier molecular flexibility index (Phi) is 10.6. The van der Waals surface area contributed by atoms with Crippen molar-refractivity contribution in [1.29, 1.82) is 0 Å². The number of amides is 2. The van der Waals surface area contributed by atoms with E-state index in [0.29, 0.717) is 34.3 Å². The fraction of sp³-hybridized carbons (Fsp3) is 0.286. The third-order valence-corrected chi connectivity index (χ3v) is 6.30. The van der Waals surface area contributed by atoms with Crippen molar-refractivity contribution in [1.82, 2.24) is 0 Å². The van der Waals surface area contributed by atoms with Gasteiger partial charge < -0.3 is 20.1 Å². The Morgan fingerprint density at radius 3 is 2.28 bits per heavy atom. The summed E-state index contributed by atoms with van der Waals surface area (Å²) >= 11 is 9.58. The van der Waals surface area contributed by atoms with E-state index in [1.807, 2.05) is 0 Å². The maximum absolute atomic E-state index is 12.7. The number of hydrogen-bond donors (Lipinski definition) is 2. The minimum atomic E-state index is -0.744. The minimum Gasteiger partial charge on any atom is -0.492 e. The summed E-state index contributed by atoms with van der Waals surface area (Å²) in [7, 11) is 0. The Morgan fingerprint density at radius 1 is 0.917 bits per heavy atom. The number of carbonyl (C=O) groups is 2. The third-order valence-electron chi connectivity index (χ3n) is 5.37. The van der Waals surface area contributed by atoms with E-state index in [1.165, 1.54) is 12.8 Å². The van der Waals surface area contributed by atoms with Gasteiger partial charge in [0, 0.05) is 16.9 Å². The lowest BCUT2D eigenvalue weighted by Gasteiger charge is -2.16. The molecule has 0 saturated carbocycles. The molecule has 36 heavy (non-hydrogen) atoms. The van der Waals surface area contributed by atoms with Crippen LogP contribution in [0.15, 0.2) is 71.2 Å². The van der Waals surface area contributed by atoms with E-state index in [4.69, 9.17) is 21.1 Å². The molecule has 0 aliphatic carbocycles. The second-order valence-corrected chi connectivity index (χ2v) is 9.53. The van der Waals surface area contributed by atoms with Crippen molar-refractivity contribution in [3.05, 3.63) is 81.8 Å². The summed E-state index contributed by atoms with van der Waals surface area (Å²) in [6.07, 6.45) is 3.79. The van der Waals surface area contributed by atoms with Gasteiger partial charge in [0.15, 0.2) is 6.10 Å². The van der Waals surface area contributed by atoms with Gasteiger partial charge >= 0.3 is 0 Å². The molecule has 8 heteroatoms. The predicted molar refractivity (Wildman–Crippen MR) is 148 cm³/mol. The van der Waals surface area contributed by atoms with E-state index >= 15 is 0 Å². The number of halogens is 2. The highest BCUT2D eigenvalue weighted by molar-refractivity contribution is 9.10. The Balaban J connectivity index is 1.51. The average Bonchev–Trinajstić information content (AvgIpc) is 2.87. The number of carbonyl (C=O) groups excluding carboxylic acids is 2. The zero-order valence-electron chi connectivity index (χ0n) is 20.4. The fourth-order valence-corrected chi connectivity index (χ4v) is 4.01. The van der Waals surface area contributed by atoms with Gasteiger partial charge in [0.2, 0.25) is 0 Å². The van der Waals surface area contributed by atoms with Gasteiger partial charge in [0.1, 0.15) is 11.5 Å². The molecule has 3 rings (SSSR count). The van der Waals surface area contributed by atoms with E-state index < -0.39 is 6.10 Å². The Bertz CT molecular complexity index is 1170. The number of ether oxygens (including phenoxy) is 2. The SMILES string of the molecule is CCCCCCOc1ccc(C(=O)Nc2ccc(NC(=O)C(C)Oc3ccccc3Cl)cc2)cc1Br. The van der Waals surface area contributed by atoms with E-state index in [0.717, 1.165) is 23.1 Å². The quantitative estimate of drug-likeness (QED) is 0.218. The maximum atomic E-state index is 12.7.